The van der Waals surface area contributed by atoms with Crippen LogP contribution < -0.4 is 10.2 Å². The molecule has 0 spiro atoms. The summed E-state index contributed by atoms with van der Waals surface area (Å²) in [5.41, 5.74) is 3.61. The van der Waals surface area contributed by atoms with Crippen molar-refractivity contribution in [3.8, 4) is 0 Å². The van der Waals surface area contributed by atoms with E-state index >= 15 is 0 Å². The van der Waals surface area contributed by atoms with Crippen LogP contribution in [-0.2, 0) is 10.5 Å². The number of anilines is 1. The summed E-state index contributed by atoms with van der Waals surface area (Å²) in [6.45, 7) is 6.64. The number of nitrogens with zero attached hydrogens (tertiary/aromatic N) is 1. The average Bonchev–Trinajstić information content (AvgIpc) is 2.69. The molecule has 1 fully saturated rings. The highest BCUT2D eigenvalue weighted by atomic mass is 35.5. The molecular weight excluding hydrogens is 388 g/mol. The molecule has 3 rings (SSSR count). The SMILES string of the molecule is C[C@H]1CCCN(c2ccc([C@H](C)NC(=O)CSCc3ccc(Cl)cc3)cc2)C1. The second kappa shape index (κ2) is 10.2. The Morgan fingerprint density at radius 3 is 2.61 bits per heavy atom. The molecule has 2 aromatic rings. The van der Waals surface area contributed by atoms with Crippen molar-refractivity contribution in [2.75, 3.05) is 23.7 Å². The lowest BCUT2D eigenvalue weighted by molar-refractivity contribution is -0.119. The third-order valence-corrected chi connectivity index (χ3v) is 6.46. The highest BCUT2D eigenvalue weighted by Crippen LogP contribution is 2.24. The van der Waals surface area contributed by atoms with E-state index in [1.54, 1.807) is 11.8 Å². The predicted molar refractivity (Wildman–Crippen MR) is 121 cm³/mol. The lowest BCUT2D eigenvalue weighted by Crippen LogP contribution is -2.34. The fourth-order valence-electron chi connectivity index (χ4n) is 3.61. The van der Waals surface area contributed by atoms with Crippen LogP contribution in [0.1, 0.15) is 43.9 Å². The Morgan fingerprint density at radius 2 is 1.93 bits per heavy atom. The van der Waals surface area contributed by atoms with Crippen LogP contribution in [-0.4, -0.2) is 24.7 Å². The molecule has 2 atom stereocenters. The van der Waals surface area contributed by atoms with Crippen molar-refractivity contribution in [3.63, 3.8) is 0 Å². The number of halogens is 1. The molecule has 1 heterocycles. The van der Waals surface area contributed by atoms with Gasteiger partial charge in [0.25, 0.3) is 0 Å². The van der Waals surface area contributed by atoms with Crippen molar-refractivity contribution in [2.24, 2.45) is 5.92 Å². The Labute approximate surface area is 177 Å². The number of nitrogens with one attached hydrogen (secondary N) is 1. The summed E-state index contributed by atoms with van der Waals surface area (Å²) in [6, 6.07) is 16.4. The molecule has 28 heavy (non-hydrogen) atoms. The molecule has 0 aromatic heterocycles. The van der Waals surface area contributed by atoms with Crippen LogP contribution in [0.3, 0.4) is 0 Å². The number of piperidine rings is 1. The number of hydrogen-bond donors (Lipinski definition) is 1. The van der Waals surface area contributed by atoms with Crippen LogP contribution >= 0.6 is 23.4 Å². The molecule has 0 aliphatic carbocycles. The highest BCUT2D eigenvalue weighted by molar-refractivity contribution is 7.99. The van der Waals surface area contributed by atoms with E-state index in [1.807, 2.05) is 31.2 Å². The van der Waals surface area contributed by atoms with Gasteiger partial charge in [-0.2, -0.15) is 0 Å². The topological polar surface area (TPSA) is 32.3 Å². The Morgan fingerprint density at radius 1 is 1.21 bits per heavy atom. The van der Waals surface area contributed by atoms with Crippen LogP contribution in [0.4, 0.5) is 5.69 Å². The van der Waals surface area contributed by atoms with Crippen molar-refractivity contribution in [1.82, 2.24) is 5.32 Å². The van der Waals surface area contributed by atoms with Gasteiger partial charge >= 0.3 is 0 Å². The van der Waals surface area contributed by atoms with Crippen LogP contribution in [0, 0.1) is 5.92 Å². The standard InChI is InChI=1S/C23H29ClN2OS/c1-17-4-3-13-26(14-17)22-11-7-20(8-12-22)18(2)25-23(27)16-28-15-19-5-9-21(24)10-6-19/h5-12,17-18H,3-4,13-16H2,1-2H3,(H,25,27)/t17-,18-/m0/s1. The van der Waals surface area contributed by atoms with Gasteiger partial charge in [-0.1, -0.05) is 42.8 Å². The summed E-state index contributed by atoms with van der Waals surface area (Å²) < 4.78 is 0. The quantitative estimate of drug-likeness (QED) is 0.629. The van der Waals surface area contributed by atoms with E-state index in [0.717, 1.165) is 35.3 Å². The van der Waals surface area contributed by atoms with E-state index in [2.05, 4.69) is 41.4 Å². The molecule has 3 nitrogen and oxygen atoms in total. The summed E-state index contributed by atoms with van der Waals surface area (Å²) >= 11 is 7.52. The second-order valence-electron chi connectivity index (χ2n) is 7.69. The molecule has 0 radical (unpaired) electrons. The van der Waals surface area contributed by atoms with Gasteiger partial charge in [0.2, 0.25) is 5.91 Å². The molecule has 0 saturated carbocycles. The number of rotatable bonds is 7. The molecule has 2 aromatic carbocycles. The van der Waals surface area contributed by atoms with E-state index in [4.69, 9.17) is 11.6 Å². The molecule has 1 N–H and O–H groups in total. The van der Waals surface area contributed by atoms with Gasteiger partial charge in [0.1, 0.15) is 0 Å². The minimum atomic E-state index is 0.0120. The van der Waals surface area contributed by atoms with Crippen molar-refractivity contribution in [3.05, 3.63) is 64.7 Å². The van der Waals surface area contributed by atoms with Gasteiger partial charge < -0.3 is 10.2 Å². The lowest BCUT2D eigenvalue weighted by atomic mass is 9.99. The monoisotopic (exact) mass is 416 g/mol. The van der Waals surface area contributed by atoms with Crippen molar-refractivity contribution >= 4 is 35.0 Å². The number of amides is 1. The lowest BCUT2D eigenvalue weighted by Gasteiger charge is -2.33. The van der Waals surface area contributed by atoms with Crippen LogP contribution in [0.15, 0.2) is 48.5 Å². The number of thioether (sulfide) groups is 1. The molecule has 0 unspecified atom stereocenters. The first-order valence-electron chi connectivity index (χ1n) is 9.97. The number of carbonyl (C=O) groups excluding carboxylic acids is 1. The minimum absolute atomic E-state index is 0.0120. The van der Waals surface area contributed by atoms with Crippen LogP contribution in [0.5, 0.6) is 0 Å². The zero-order valence-electron chi connectivity index (χ0n) is 16.7. The second-order valence-corrected chi connectivity index (χ2v) is 9.12. The summed E-state index contributed by atoms with van der Waals surface area (Å²) in [6.07, 6.45) is 2.59. The smallest absolute Gasteiger partial charge is 0.230 e. The summed E-state index contributed by atoms with van der Waals surface area (Å²) in [7, 11) is 0. The Hall–Kier alpha value is -1.65. The molecule has 1 aliphatic heterocycles. The Kier molecular flexibility index (Phi) is 7.69. The molecule has 5 heteroatoms. The molecule has 0 bridgehead atoms. The third-order valence-electron chi connectivity index (χ3n) is 5.21. The predicted octanol–water partition coefficient (Wildman–Crippen LogP) is 5.69. The Bertz CT molecular complexity index is 763. The first kappa shape index (κ1) is 21.1. The van der Waals surface area contributed by atoms with E-state index in [9.17, 15) is 4.79 Å². The third kappa shape index (κ3) is 6.18. The number of benzene rings is 2. The fourth-order valence-corrected chi connectivity index (χ4v) is 4.53. The maximum absolute atomic E-state index is 12.3. The fraction of sp³-hybridized carbons (Fsp3) is 0.435. The van der Waals surface area contributed by atoms with E-state index in [1.165, 1.54) is 24.1 Å². The van der Waals surface area contributed by atoms with Gasteiger partial charge in [-0.25, -0.2) is 0 Å². The molecule has 1 aliphatic rings. The number of carbonyl (C=O) groups is 1. The maximum Gasteiger partial charge on any atom is 0.230 e. The van der Waals surface area contributed by atoms with Crippen molar-refractivity contribution < 1.29 is 4.79 Å². The van der Waals surface area contributed by atoms with Gasteiger partial charge in [0.15, 0.2) is 0 Å². The first-order valence-corrected chi connectivity index (χ1v) is 11.5. The molecule has 1 saturated heterocycles. The Balaban J connectivity index is 1.45. The van der Waals surface area contributed by atoms with Gasteiger partial charge in [-0.15, -0.1) is 11.8 Å². The van der Waals surface area contributed by atoms with Crippen molar-refractivity contribution in [2.45, 2.75) is 38.5 Å². The largest absolute Gasteiger partial charge is 0.371 e. The van der Waals surface area contributed by atoms with Crippen LogP contribution in [0.2, 0.25) is 5.02 Å². The first-order chi connectivity index (χ1) is 13.5. The van der Waals surface area contributed by atoms with Crippen molar-refractivity contribution in [1.29, 1.82) is 0 Å². The maximum atomic E-state index is 12.3. The summed E-state index contributed by atoms with van der Waals surface area (Å²) in [4.78, 5) is 14.7. The van der Waals surface area contributed by atoms with Gasteiger partial charge in [-0.05, 0) is 61.1 Å². The van der Waals surface area contributed by atoms with E-state index in [-0.39, 0.29) is 11.9 Å². The highest BCUT2D eigenvalue weighted by Gasteiger charge is 2.17. The van der Waals surface area contributed by atoms with Gasteiger partial charge in [0, 0.05) is 29.6 Å². The molecule has 150 valence electrons. The van der Waals surface area contributed by atoms with E-state index in [0.29, 0.717) is 5.75 Å². The molecular formula is C23H29ClN2OS. The number of hydrogen-bond acceptors (Lipinski definition) is 3. The zero-order chi connectivity index (χ0) is 19.9. The average molecular weight is 417 g/mol. The van der Waals surface area contributed by atoms with E-state index < -0.39 is 0 Å². The zero-order valence-corrected chi connectivity index (χ0v) is 18.2. The minimum Gasteiger partial charge on any atom is -0.371 e. The normalized spacial score (nSPS) is 18.0. The van der Waals surface area contributed by atoms with Gasteiger partial charge in [0.05, 0.1) is 11.8 Å². The van der Waals surface area contributed by atoms with Crippen LogP contribution in [0.25, 0.3) is 0 Å². The summed E-state index contributed by atoms with van der Waals surface area (Å²) in [5.74, 6) is 2.09. The molecule has 1 amide bonds. The van der Waals surface area contributed by atoms with Gasteiger partial charge in [-0.3, -0.25) is 4.79 Å². The summed E-state index contributed by atoms with van der Waals surface area (Å²) in [5, 5.41) is 3.84.